The minimum Gasteiger partial charge on any atom is -0.494 e. The molecule has 3 heteroatoms. The lowest BCUT2D eigenvalue weighted by Gasteiger charge is -2.12. The molecule has 106 valence electrons. The Hall–Kier alpha value is -1.54. The van der Waals surface area contributed by atoms with Crippen LogP contribution in [0.25, 0.3) is 0 Å². The van der Waals surface area contributed by atoms with Gasteiger partial charge in [0.25, 0.3) is 0 Å². The number of benzene rings is 2. The molecule has 0 N–H and O–H groups in total. The van der Waals surface area contributed by atoms with E-state index in [9.17, 15) is 4.39 Å². The van der Waals surface area contributed by atoms with Crippen LogP contribution in [-0.4, -0.2) is 6.61 Å². The molecule has 0 fully saturated rings. The summed E-state index contributed by atoms with van der Waals surface area (Å²) in [5, 5.41) is -0.267. The predicted molar refractivity (Wildman–Crippen MR) is 80.9 cm³/mol. The summed E-state index contributed by atoms with van der Waals surface area (Å²) in [5.74, 6) is 0.597. The molecule has 0 spiro atoms. The first kappa shape index (κ1) is 14.9. The van der Waals surface area contributed by atoms with Crippen LogP contribution in [0.3, 0.4) is 0 Å². The molecule has 0 aliphatic rings. The summed E-state index contributed by atoms with van der Waals surface area (Å²) < 4.78 is 19.2. The maximum atomic E-state index is 13.6. The summed E-state index contributed by atoms with van der Waals surface area (Å²) in [4.78, 5) is 0. The van der Waals surface area contributed by atoms with E-state index in [0.717, 1.165) is 17.7 Å². The molecule has 0 radical (unpaired) electrons. The Balaban J connectivity index is 2.09. The van der Waals surface area contributed by atoms with Crippen LogP contribution in [0.1, 0.15) is 29.8 Å². The van der Waals surface area contributed by atoms with Crippen molar-refractivity contribution in [3.8, 4) is 5.75 Å². The number of hydrogen-bond donors (Lipinski definition) is 0. The SMILES string of the molecule is CCCOc1cccc(C(Cl)Cc2ccccc2F)c1. The quantitative estimate of drug-likeness (QED) is 0.670. The first-order chi connectivity index (χ1) is 9.70. The van der Waals surface area contributed by atoms with E-state index < -0.39 is 0 Å². The Morgan fingerprint density at radius 3 is 2.70 bits per heavy atom. The molecule has 0 amide bonds. The van der Waals surface area contributed by atoms with Crippen molar-refractivity contribution in [2.24, 2.45) is 0 Å². The number of alkyl halides is 1. The zero-order valence-electron chi connectivity index (χ0n) is 11.5. The van der Waals surface area contributed by atoms with E-state index in [0.29, 0.717) is 18.6 Å². The second-order valence-electron chi connectivity index (χ2n) is 4.68. The van der Waals surface area contributed by atoms with Crippen molar-refractivity contribution in [2.75, 3.05) is 6.61 Å². The van der Waals surface area contributed by atoms with Crippen LogP contribution in [0.2, 0.25) is 0 Å². The minimum atomic E-state index is -0.267. The van der Waals surface area contributed by atoms with Gasteiger partial charge in [0, 0.05) is 0 Å². The molecule has 20 heavy (non-hydrogen) atoms. The maximum Gasteiger partial charge on any atom is 0.126 e. The second kappa shape index (κ2) is 7.30. The molecule has 1 unspecified atom stereocenters. The molecule has 0 aromatic heterocycles. The van der Waals surface area contributed by atoms with E-state index in [1.807, 2.05) is 30.3 Å². The van der Waals surface area contributed by atoms with Crippen LogP contribution in [0.15, 0.2) is 48.5 Å². The standard InChI is InChI=1S/C17H18ClFO/c1-2-10-20-15-8-5-7-13(11-15)16(18)12-14-6-3-4-9-17(14)19/h3-9,11,16H,2,10,12H2,1H3. The lowest BCUT2D eigenvalue weighted by molar-refractivity contribution is 0.317. The molecule has 0 aliphatic carbocycles. The van der Waals surface area contributed by atoms with Gasteiger partial charge in [-0.25, -0.2) is 4.39 Å². The van der Waals surface area contributed by atoms with Crippen LogP contribution in [0.5, 0.6) is 5.75 Å². The van der Waals surface area contributed by atoms with Crippen LogP contribution in [-0.2, 0) is 6.42 Å². The van der Waals surface area contributed by atoms with Gasteiger partial charge in [-0.15, -0.1) is 11.6 Å². The van der Waals surface area contributed by atoms with E-state index in [4.69, 9.17) is 16.3 Å². The van der Waals surface area contributed by atoms with Crippen molar-refractivity contribution >= 4 is 11.6 Å². The van der Waals surface area contributed by atoms with Gasteiger partial charge < -0.3 is 4.74 Å². The van der Waals surface area contributed by atoms with Crippen LogP contribution in [0.4, 0.5) is 4.39 Å². The minimum absolute atomic E-state index is 0.212. The molecule has 0 saturated carbocycles. The second-order valence-corrected chi connectivity index (χ2v) is 5.21. The van der Waals surface area contributed by atoms with Gasteiger partial charge in [0.2, 0.25) is 0 Å². The first-order valence-electron chi connectivity index (χ1n) is 6.81. The number of rotatable bonds is 6. The summed E-state index contributed by atoms with van der Waals surface area (Å²) in [6, 6.07) is 14.4. The van der Waals surface area contributed by atoms with Gasteiger partial charge in [-0.05, 0) is 42.2 Å². The van der Waals surface area contributed by atoms with E-state index in [2.05, 4.69) is 6.92 Å². The van der Waals surface area contributed by atoms with Crippen molar-refractivity contribution in [3.63, 3.8) is 0 Å². The average Bonchev–Trinajstić information content (AvgIpc) is 2.48. The molecule has 0 heterocycles. The molecule has 2 aromatic carbocycles. The van der Waals surface area contributed by atoms with Crippen molar-refractivity contribution in [2.45, 2.75) is 25.1 Å². The molecule has 1 atom stereocenters. The highest BCUT2D eigenvalue weighted by atomic mass is 35.5. The highest BCUT2D eigenvalue weighted by Gasteiger charge is 2.12. The zero-order valence-corrected chi connectivity index (χ0v) is 12.2. The fourth-order valence-corrected chi connectivity index (χ4v) is 2.30. The maximum absolute atomic E-state index is 13.6. The lowest BCUT2D eigenvalue weighted by atomic mass is 10.0. The summed E-state index contributed by atoms with van der Waals surface area (Å²) in [6.07, 6.45) is 1.43. The molecular formula is C17H18ClFO. The fourth-order valence-electron chi connectivity index (χ4n) is 1.99. The predicted octanol–water partition coefficient (Wildman–Crippen LogP) is 5.14. The van der Waals surface area contributed by atoms with Crippen LogP contribution in [0, 0.1) is 5.82 Å². The van der Waals surface area contributed by atoms with E-state index in [-0.39, 0.29) is 11.2 Å². The normalized spacial score (nSPS) is 12.2. The highest BCUT2D eigenvalue weighted by Crippen LogP contribution is 2.28. The van der Waals surface area contributed by atoms with Crippen molar-refractivity contribution in [1.82, 2.24) is 0 Å². The largest absolute Gasteiger partial charge is 0.494 e. The summed E-state index contributed by atoms with van der Waals surface area (Å²) in [7, 11) is 0. The van der Waals surface area contributed by atoms with E-state index in [1.165, 1.54) is 6.07 Å². The highest BCUT2D eigenvalue weighted by molar-refractivity contribution is 6.20. The first-order valence-corrected chi connectivity index (χ1v) is 7.24. The number of hydrogen-bond acceptors (Lipinski definition) is 1. The van der Waals surface area contributed by atoms with Crippen molar-refractivity contribution in [3.05, 3.63) is 65.5 Å². The van der Waals surface area contributed by atoms with Crippen LogP contribution < -0.4 is 4.74 Å². The third-order valence-electron chi connectivity index (χ3n) is 3.05. The Morgan fingerprint density at radius 1 is 1.15 bits per heavy atom. The van der Waals surface area contributed by atoms with Crippen molar-refractivity contribution < 1.29 is 9.13 Å². The molecule has 0 aliphatic heterocycles. The van der Waals surface area contributed by atoms with Crippen molar-refractivity contribution in [1.29, 1.82) is 0 Å². The van der Waals surface area contributed by atoms with Gasteiger partial charge in [0.15, 0.2) is 0 Å². The lowest BCUT2D eigenvalue weighted by Crippen LogP contribution is -2.00. The Kier molecular flexibility index (Phi) is 5.42. The van der Waals surface area contributed by atoms with Gasteiger partial charge in [-0.3, -0.25) is 0 Å². The monoisotopic (exact) mass is 292 g/mol. The Bertz CT molecular complexity index is 556. The Labute approximate surface area is 124 Å². The average molecular weight is 293 g/mol. The summed E-state index contributed by atoms with van der Waals surface area (Å²) >= 11 is 6.40. The molecule has 0 saturated heterocycles. The van der Waals surface area contributed by atoms with Gasteiger partial charge >= 0.3 is 0 Å². The van der Waals surface area contributed by atoms with Gasteiger partial charge in [-0.1, -0.05) is 37.3 Å². The van der Waals surface area contributed by atoms with E-state index in [1.54, 1.807) is 12.1 Å². The van der Waals surface area contributed by atoms with Gasteiger partial charge in [0.05, 0.1) is 12.0 Å². The fraction of sp³-hybridized carbons (Fsp3) is 0.294. The molecular weight excluding hydrogens is 275 g/mol. The molecule has 2 aromatic rings. The molecule has 0 bridgehead atoms. The van der Waals surface area contributed by atoms with Gasteiger partial charge in [0.1, 0.15) is 11.6 Å². The molecule has 2 rings (SSSR count). The van der Waals surface area contributed by atoms with Crippen LogP contribution >= 0.6 is 11.6 Å². The summed E-state index contributed by atoms with van der Waals surface area (Å²) in [6.45, 7) is 2.75. The molecule has 1 nitrogen and oxygen atoms in total. The van der Waals surface area contributed by atoms with E-state index >= 15 is 0 Å². The Morgan fingerprint density at radius 2 is 1.95 bits per heavy atom. The third-order valence-corrected chi connectivity index (χ3v) is 3.46. The topological polar surface area (TPSA) is 9.23 Å². The number of ether oxygens (including phenoxy) is 1. The third kappa shape index (κ3) is 3.97. The zero-order chi connectivity index (χ0) is 14.4. The summed E-state index contributed by atoms with van der Waals surface area (Å²) in [5.41, 5.74) is 1.58. The van der Waals surface area contributed by atoms with Gasteiger partial charge in [-0.2, -0.15) is 0 Å². The smallest absolute Gasteiger partial charge is 0.126 e. The number of halogens is 2.